The zero-order valence-electron chi connectivity index (χ0n) is 13.5. The zero-order valence-corrected chi connectivity index (χ0v) is 13.5. The Kier molecular flexibility index (Phi) is 5.74. The molecule has 0 fully saturated rings. The van der Waals surface area contributed by atoms with Crippen LogP contribution in [0.1, 0.15) is 12.6 Å². The van der Waals surface area contributed by atoms with Crippen LogP contribution in [0.3, 0.4) is 0 Å². The number of hydrogen-bond acceptors (Lipinski definition) is 5. The van der Waals surface area contributed by atoms with Gasteiger partial charge in [0.25, 0.3) is 0 Å². The molecule has 1 aromatic carbocycles. The van der Waals surface area contributed by atoms with Crippen molar-refractivity contribution in [3.8, 4) is 5.75 Å². The molecule has 0 atom stereocenters. The summed E-state index contributed by atoms with van der Waals surface area (Å²) < 4.78 is 5.36. The Balaban J connectivity index is 1.86. The van der Waals surface area contributed by atoms with Gasteiger partial charge in [0.2, 0.25) is 5.95 Å². The lowest BCUT2D eigenvalue weighted by atomic mass is 10.3. The van der Waals surface area contributed by atoms with Crippen LogP contribution in [0.4, 0.5) is 16.4 Å². The second-order valence-electron chi connectivity index (χ2n) is 5.01. The van der Waals surface area contributed by atoms with Crippen molar-refractivity contribution in [3.05, 3.63) is 42.2 Å². The monoisotopic (exact) mass is 315 g/mol. The van der Waals surface area contributed by atoms with Gasteiger partial charge >= 0.3 is 6.03 Å². The Morgan fingerprint density at radius 1 is 1.22 bits per heavy atom. The van der Waals surface area contributed by atoms with Gasteiger partial charge in [-0.25, -0.2) is 14.8 Å². The third kappa shape index (κ3) is 5.14. The summed E-state index contributed by atoms with van der Waals surface area (Å²) in [6.45, 7) is 2.86. The highest BCUT2D eigenvalue weighted by atomic mass is 16.5. The Bertz CT molecular complexity index is 643. The zero-order chi connectivity index (χ0) is 16.7. The Labute approximate surface area is 135 Å². The topological polar surface area (TPSA) is 79.4 Å². The second-order valence-corrected chi connectivity index (χ2v) is 5.01. The molecule has 7 nitrogen and oxygen atoms in total. The molecule has 1 heterocycles. The molecule has 2 N–H and O–H groups in total. The Hall–Kier alpha value is -2.83. The summed E-state index contributed by atoms with van der Waals surface area (Å²) in [6, 6.07) is 8.68. The molecule has 0 aliphatic carbocycles. The van der Waals surface area contributed by atoms with Crippen LogP contribution in [-0.2, 0) is 6.54 Å². The number of urea groups is 1. The lowest BCUT2D eigenvalue weighted by Gasteiger charge is -2.11. The van der Waals surface area contributed by atoms with Gasteiger partial charge in [0.15, 0.2) is 0 Å². The number of rotatable bonds is 6. The molecule has 2 amide bonds. The molecule has 0 aliphatic rings. The minimum absolute atomic E-state index is 0.292. The van der Waals surface area contributed by atoms with Crippen LogP contribution in [0.25, 0.3) is 0 Å². The predicted molar refractivity (Wildman–Crippen MR) is 89.8 cm³/mol. The fourth-order valence-corrected chi connectivity index (χ4v) is 1.85. The number of anilines is 2. The van der Waals surface area contributed by atoms with E-state index in [1.165, 1.54) is 0 Å². The van der Waals surface area contributed by atoms with E-state index in [0.29, 0.717) is 24.8 Å². The van der Waals surface area contributed by atoms with Crippen LogP contribution >= 0.6 is 0 Å². The van der Waals surface area contributed by atoms with Crippen molar-refractivity contribution in [3.63, 3.8) is 0 Å². The lowest BCUT2D eigenvalue weighted by molar-refractivity contribution is 0.251. The van der Waals surface area contributed by atoms with E-state index in [1.54, 1.807) is 24.4 Å². The van der Waals surface area contributed by atoms with Crippen molar-refractivity contribution >= 4 is 17.7 Å². The standard InChI is InChI=1S/C16H21N5O2/c1-4-23-14-7-5-12(6-8-14)20-16(22)18-11-13-9-10-17-15(19-13)21(2)3/h5-10H,4,11H2,1-3H3,(H2,18,20,22). The Morgan fingerprint density at radius 2 is 1.96 bits per heavy atom. The van der Waals surface area contributed by atoms with Gasteiger partial charge in [-0.3, -0.25) is 0 Å². The summed E-state index contributed by atoms with van der Waals surface area (Å²) in [5.74, 6) is 1.38. The molecule has 2 rings (SSSR count). The fraction of sp³-hybridized carbons (Fsp3) is 0.312. The minimum atomic E-state index is -0.292. The molecule has 23 heavy (non-hydrogen) atoms. The van der Waals surface area contributed by atoms with Gasteiger partial charge in [-0.15, -0.1) is 0 Å². The molecule has 0 unspecified atom stereocenters. The molecule has 7 heteroatoms. The minimum Gasteiger partial charge on any atom is -0.494 e. The van der Waals surface area contributed by atoms with Crippen molar-refractivity contribution in [2.75, 3.05) is 30.9 Å². The normalized spacial score (nSPS) is 10.0. The largest absolute Gasteiger partial charge is 0.494 e. The molecular formula is C16H21N5O2. The van der Waals surface area contributed by atoms with Crippen molar-refractivity contribution in [1.82, 2.24) is 15.3 Å². The summed E-state index contributed by atoms with van der Waals surface area (Å²) in [7, 11) is 3.73. The third-order valence-electron chi connectivity index (χ3n) is 2.95. The van der Waals surface area contributed by atoms with Crippen molar-refractivity contribution in [1.29, 1.82) is 0 Å². The van der Waals surface area contributed by atoms with E-state index in [-0.39, 0.29) is 6.03 Å². The predicted octanol–water partition coefficient (Wildman–Crippen LogP) is 2.26. The maximum Gasteiger partial charge on any atom is 0.319 e. The SMILES string of the molecule is CCOc1ccc(NC(=O)NCc2ccnc(N(C)C)n2)cc1. The quantitative estimate of drug-likeness (QED) is 0.855. The number of ether oxygens (including phenoxy) is 1. The van der Waals surface area contributed by atoms with Crippen LogP contribution in [0, 0.1) is 0 Å². The molecular weight excluding hydrogens is 294 g/mol. The van der Waals surface area contributed by atoms with Crippen molar-refractivity contribution in [2.45, 2.75) is 13.5 Å². The van der Waals surface area contributed by atoms with E-state index in [2.05, 4.69) is 20.6 Å². The average Bonchev–Trinajstić information content (AvgIpc) is 2.55. The number of aromatic nitrogens is 2. The van der Waals surface area contributed by atoms with E-state index in [0.717, 1.165) is 11.4 Å². The number of nitrogens with zero attached hydrogens (tertiary/aromatic N) is 3. The van der Waals surface area contributed by atoms with E-state index >= 15 is 0 Å². The first-order chi connectivity index (χ1) is 11.1. The van der Waals surface area contributed by atoms with Crippen molar-refractivity contribution in [2.24, 2.45) is 0 Å². The first-order valence-electron chi connectivity index (χ1n) is 7.35. The van der Waals surface area contributed by atoms with E-state index in [1.807, 2.05) is 38.1 Å². The molecule has 122 valence electrons. The van der Waals surface area contributed by atoms with Gasteiger partial charge in [-0.05, 0) is 37.3 Å². The first kappa shape index (κ1) is 16.5. The first-order valence-corrected chi connectivity index (χ1v) is 7.35. The lowest BCUT2D eigenvalue weighted by Crippen LogP contribution is -2.28. The molecule has 0 aliphatic heterocycles. The third-order valence-corrected chi connectivity index (χ3v) is 2.95. The molecule has 0 spiro atoms. The number of carbonyl (C=O) groups is 1. The number of hydrogen-bond donors (Lipinski definition) is 2. The van der Waals surface area contributed by atoms with Gasteiger partial charge in [0.1, 0.15) is 5.75 Å². The number of benzene rings is 1. The molecule has 0 saturated carbocycles. The molecule has 0 bridgehead atoms. The molecule has 0 radical (unpaired) electrons. The summed E-state index contributed by atoms with van der Waals surface area (Å²) in [6.07, 6.45) is 1.67. The molecule has 0 saturated heterocycles. The van der Waals surface area contributed by atoms with Crippen LogP contribution < -0.4 is 20.3 Å². The van der Waals surface area contributed by atoms with Gasteiger partial charge in [-0.1, -0.05) is 0 Å². The molecule has 2 aromatic rings. The van der Waals surface area contributed by atoms with Gasteiger partial charge < -0.3 is 20.3 Å². The maximum atomic E-state index is 11.9. The summed E-state index contributed by atoms with van der Waals surface area (Å²) in [4.78, 5) is 22.2. The Morgan fingerprint density at radius 3 is 2.61 bits per heavy atom. The second kappa shape index (κ2) is 7.98. The van der Waals surface area contributed by atoms with E-state index in [4.69, 9.17) is 4.74 Å². The van der Waals surface area contributed by atoms with Crippen LogP contribution in [0.15, 0.2) is 36.5 Å². The van der Waals surface area contributed by atoms with Gasteiger partial charge in [-0.2, -0.15) is 0 Å². The summed E-state index contributed by atoms with van der Waals surface area (Å²) >= 11 is 0. The highest BCUT2D eigenvalue weighted by Crippen LogP contribution is 2.15. The summed E-state index contributed by atoms with van der Waals surface area (Å²) in [5, 5.41) is 5.52. The number of carbonyl (C=O) groups excluding carboxylic acids is 1. The number of nitrogens with one attached hydrogen (secondary N) is 2. The van der Waals surface area contributed by atoms with Crippen LogP contribution in [0.2, 0.25) is 0 Å². The number of amides is 2. The van der Waals surface area contributed by atoms with Gasteiger partial charge in [0.05, 0.1) is 18.8 Å². The molecule has 1 aromatic heterocycles. The average molecular weight is 315 g/mol. The van der Waals surface area contributed by atoms with E-state index in [9.17, 15) is 4.79 Å². The maximum absolute atomic E-state index is 11.9. The van der Waals surface area contributed by atoms with Crippen molar-refractivity contribution < 1.29 is 9.53 Å². The van der Waals surface area contributed by atoms with E-state index < -0.39 is 0 Å². The highest BCUT2D eigenvalue weighted by molar-refractivity contribution is 5.89. The summed E-state index contributed by atoms with van der Waals surface area (Å²) in [5.41, 5.74) is 1.44. The smallest absolute Gasteiger partial charge is 0.319 e. The van der Waals surface area contributed by atoms with Crippen LogP contribution in [-0.4, -0.2) is 36.7 Å². The fourth-order valence-electron chi connectivity index (χ4n) is 1.85. The highest BCUT2D eigenvalue weighted by Gasteiger charge is 2.05. The van der Waals surface area contributed by atoms with Gasteiger partial charge in [0, 0.05) is 26.0 Å². The van der Waals surface area contributed by atoms with Crippen LogP contribution in [0.5, 0.6) is 5.75 Å².